The molecule has 4 heteroatoms. The summed E-state index contributed by atoms with van der Waals surface area (Å²) in [6, 6.07) is 7.31. The third-order valence-corrected chi connectivity index (χ3v) is 2.37. The second kappa shape index (κ2) is 6.25. The zero-order chi connectivity index (χ0) is 12.0. The van der Waals surface area contributed by atoms with Crippen molar-refractivity contribution < 1.29 is 14.3 Å². The van der Waals surface area contributed by atoms with Crippen LogP contribution in [-0.4, -0.2) is 20.2 Å². The molecule has 0 fully saturated rings. The maximum absolute atomic E-state index is 11.1. The Balaban J connectivity index is 2.81. The van der Waals surface area contributed by atoms with Gasteiger partial charge in [0.25, 0.3) is 0 Å². The lowest BCUT2D eigenvalue weighted by Gasteiger charge is -2.14. The number of hydrogen-bond donors (Lipinski definition) is 1. The molecule has 0 amide bonds. The van der Waals surface area contributed by atoms with Gasteiger partial charge in [0.15, 0.2) is 0 Å². The van der Waals surface area contributed by atoms with Crippen molar-refractivity contribution in [1.82, 2.24) is 0 Å². The van der Waals surface area contributed by atoms with Gasteiger partial charge in [-0.05, 0) is 11.1 Å². The van der Waals surface area contributed by atoms with Crippen LogP contribution in [0.3, 0.4) is 0 Å². The largest absolute Gasteiger partial charge is 0.469 e. The molecule has 1 aromatic rings. The maximum Gasteiger partial charge on any atom is 0.307 e. The Morgan fingerprint density at radius 2 is 2.06 bits per heavy atom. The molecule has 1 aromatic carbocycles. The molecule has 1 rings (SSSR count). The van der Waals surface area contributed by atoms with E-state index >= 15 is 0 Å². The van der Waals surface area contributed by atoms with Crippen LogP contribution < -0.4 is 5.73 Å². The Kier molecular flexibility index (Phi) is 4.95. The van der Waals surface area contributed by atoms with Crippen molar-refractivity contribution in [3.8, 4) is 0 Å². The summed E-state index contributed by atoms with van der Waals surface area (Å²) >= 11 is 0. The van der Waals surface area contributed by atoms with Crippen LogP contribution in [0.4, 0.5) is 0 Å². The lowest BCUT2D eigenvalue weighted by molar-refractivity contribution is -0.141. The average Bonchev–Trinajstić information content (AvgIpc) is 2.30. The SMILES string of the molecule is COCc1ccccc1[C@H](N)CC(=O)OC. The van der Waals surface area contributed by atoms with Crippen LogP contribution in [0.2, 0.25) is 0 Å². The Labute approximate surface area is 95.3 Å². The summed E-state index contributed by atoms with van der Waals surface area (Å²) in [6.45, 7) is 0.491. The third kappa shape index (κ3) is 3.32. The number of carbonyl (C=O) groups excluding carboxylic acids is 1. The molecular weight excluding hydrogens is 206 g/mol. The van der Waals surface area contributed by atoms with Crippen LogP contribution in [0.5, 0.6) is 0 Å². The number of carbonyl (C=O) groups is 1. The molecule has 0 saturated heterocycles. The van der Waals surface area contributed by atoms with E-state index in [1.54, 1.807) is 7.11 Å². The van der Waals surface area contributed by atoms with Gasteiger partial charge in [0.05, 0.1) is 20.1 Å². The van der Waals surface area contributed by atoms with E-state index in [0.29, 0.717) is 6.61 Å². The van der Waals surface area contributed by atoms with Gasteiger partial charge < -0.3 is 15.2 Å². The molecule has 0 unspecified atom stereocenters. The first-order chi connectivity index (χ1) is 7.69. The molecule has 0 aliphatic heterocycles. The van der Waals surface area contributed by atoms with Gasteiger partial charge in [0, 0.05) is 13.2 Å². The van der Waals surface area contributed by atoms with Crippen molar-refractivity contribution in [2.24, 2.45) is 5.73 Å². The molecule has 2 N–H and O–H groups in total. The molecule has 0 bridgehead atoms. The van der Waals surface area contributed by atoms with Gasteiger partial charge in [-0.2, -0.15) is 0 Å². The van der Waals surface area contributed by atoms with Gasteiger partial charge in [-0.25, -0.2) is 0 Å². The lowest BCUT2D eigenvalue weighted by Crippen LogP contribution is -2.18. The van der Waals surface area contributed by atoms with Crippen molar-refractivity contribution in [3.63, 3.8) is 0 Å². The van der Waals surface area contributed by atoms with E-state index in [0.717, 1.165) is 11.1 Å². The lowest BCUT2D eigenvalue weighted by atomic mass is 9.99. The average molecular weight is 223 g/mol. The van der Waals surface area contributed by atoms with Crippen LogP contribution in [0, 0.1) is 0 Å². The smallest absolute Gasteiger partial charge is 0.307 e. The van der Waals surface area contributed by atoms with E-state index in [-0.39, 0.29) is 18.4 Å². The van der Waals surface area contributed by atoms with Crippen LogP contribution in [-0.2, 0) is 20.9 Å². The summed E-state index contributed by atoms with van der Waals surface area (Å²) in [7, 11) is 2.98. The van der Waals surface area contributed by atoms with Gasteiger partial charge in [0.1, 0.15) is 0 Å². The molecule has 0 saturated carbocycles. The van der Waals surface area contributed by atoms with Gasteiger partial charge in [0.2, 0.25) is 0 Å². The summed E-state index contributed by atoms with van der Waals surface area (Å²) in [6.07, 6.45) is 0.178. The molecular formula is C12H17NO3. The molecule has 0 heterocycles. The fraction of sp³-hybridized carbons (Fsp3) is 0.417. The highest BCUT2D eigenvalue weighted by molar-refractivity contribution is 5.70. The first-order valence-electron chi connectivity index (χ1n) is 5.08. The van der Waals surface area contributed by atoms with Crippen molar-refractivity contribution in [1.29, 1.82) is 0 Å². The minimum absolute atomic E-state index is 0.178. The molecule has 0 radical (unpaired) electrons. The Bertz CT molecular complexity index is 352. The number of nitrogens with two attached hydrogens (primary N) is 1. The number of benzene rings is 1. The fourth-order valence-electron chi connectivity index (χ4n) is 1.56. The summed E-state index contributed by atoms with van der Waals surface area (Å²) in [4.78, 5) is 11.1. The van der Waals surface area contributed by atoms with Crippen molar-refractivity contribution in [3.05, 3.63) is 35.4 Å². The summed E-state index contributed by atoms with van der Waals surface area (Å²) < 4.78 is 9.67. The highest BCUT2D eigenvalue weighted by atomic mass is 16.5. The van der Waals surface area contributed by atoms with Crippen LogP contribution in [0.1, 0.15) is 23.6 Å². The molecule has 0 aliphatic rings. The highest BCUT2D eigenvalue weighted by Gasteiger charge is 2.14. The second-order valence-electron chi connectivity index (χ2n) is 3.52. The topological polar surface area (TPSA) is 61.5 Å². The van der Waals surface area contributed by atoms with Gasteiger partial charge in [-0.1, -0.05) is 24.3 Å². The molecule has 0 spiro atoms. The summed E-state index contributed by atoms with van der Waals surface area (Å²) in [5, 5.41) is 0. The quantitative estimate of drug-likeness (QED) is 0.766. The molecule has 0 aliphatic carbocycles. The molecule has 0 aromatic heterocycles. The number of rotatable bonds is 5. The third-order valence-electron chi connectivity index (χ3n) is 2.37. The van der Waals surface area contributed by atoms with E-state index in [4.69, 9.17) is 10.5 Å². The van der Waals surface area contributed by atoms with Gasteiger partial charge >= 0.3 is 5.97 Å². The van der Waals surface area contributed by atoms with E-state index in [9.17, 15) is 4.79 Å². The predicted octanol–water partition coefficient (Wildman–Crippen LogP) is 1.40. The Morgan fingerprint density at radius 1 is 1.38 bits per heavy atom. The van der Waals surface area contributed by atoms with E-state index in [2.05, 4.69) is 4.74 Å². The van der Waals surface area contributed by atoms with Gasteiger partial charge in [-0.3, -0.25) is 4.79 Å². The maximum atomic E-state index is 11.1. The second-order valence-corrected chi connectivity index (χ2v) is 3.52. The van der Waals surface area contributed by atoms with Crippen LogP contribution >= 0.6 is 0 Å². The highest BCUT2D eigenvalue weighted by Crippen LogP contribution is 2.19. The van der Waals surface area contributed by atoms with E-state index in [1.807, 2.05) is 24.3 Å². The van der Waals surface area contributed by atoms with Crippen LogP contribution in [0.15, 0.2) is 24.3 Å². The van der Waals surface area contributed by atoms with Gasteiger partial charge in [-0.15, -0.1) is 0 Å². The van der Waals surface area contributed by atoms with Crippen molar-refractivity contribution >= 4 is 5.97 Å². The number of ether oxygens (including phenoxy) is 2. The van der Waals surface area contributed by atoms with Crippen molar-refractivity contribution in [2.75, 3.05) is 14.2 Å². The Morgan fingerprint density at radius 3 is 2.69 bits per heavy atom. The predicted molar refractivity (Wildman–Crippen MR) is 60.7 cm³/mol. The minimum atomic E-state index is -0.348. The fourth-order valence-corrected chi connectivity index (χ4v) is 1.56. The first kappa shape index (κ1) is 12.7. The first-order valence-corrected chi connectivity index (χ1v) is 5.08. The zero-order valence-corrected chi connectivity index (χ0v) is 9.60. The Hall–Kier alpha value is -1.39. The zero-order valence-electron chi connectivity index (χ0n) is 9.60. The number of hydrogen-bond acceptors (Lipinski definition) is 4. The van der Waals surface area contributed by atoms with E-state index < -0.39 is 0 Å². The molecule has 4 nitrogen and oxygen atoms in total. The number of esters is 1. The monoisotopic (exact) mass is 223 g/mol. The summed E-state index contributed by atoms with van der Waals surface area (Å²) in [5.74, 6) is -0.306. The standard InChI is InChI=1S/C12H17NO3/c1-15-8-9-5-3-4-6-10(9)11(13)7-12(14)16-2/h3-6,11H,7-8,13H2,1-2H3/t11-/m1/s1. The number of methoxy groups -OCH3 is 2. The van der Waals surface area contributed by atoms with E-state index in [1.165, 1.54) is 7.11 Å². The van der Waals surface area contributed by atoms with Crippen molar-refractivity contribution in [2.45, 2.75) is 19.1 Å². The minimum Gasteiger partial charge on any atom is -0.469 e. The molecule has 1 atom stereocenters. The molecule has 88 valence electrons. The molecule has 16 heavy (non-hydrogen) atoms. The van der Waals surface area contributed by atoms with Crippen LogP contribution in [0.25, 0.3) is 0 Å². The summed E-state index contributed by atoms with van der Waals surface area (Å²) in [5.41, 5.74) is 7.87. The normalized spacial score (nSPS) is 12.2.